The lowest BCUT2D eigenvalue weighted by Crippen LogP contribution is -2.14. The Morgan fingerprint density at radius 2 is 1.32 bits per heavy atom. The van der Waals surface area contributed by atoms with E-state index in [1.54, 1.807) is 36.8 Å². The van der Waals surface area contributed by atoms with E-state index in [4.69, 9.17) is 0 Å². The van der Waals surface area contributed by atoms with Crippen LogP contribution in [0.5, 0.6) is 0 Å². The Bertz CT molecular complexity index is 685. The molecule has 1 aliphatic heterocycles. The summed E-state index contributed by atoms with van der Waals surface area (Å²) in [5.74, 6) is -0.591. The van der Waals surface area contributed by atoms with Gasteiger partial charge >= 0.3 is 0 Å². The molecule has 1 heterocycles. The van der Waals surface area contributed by atoms with E-state index in [-0.39, 0.29) is 28.6 Å². The van der Waals surface area contributed by atoms with Crippen LogP contribution in [-0.4, -0.2) is 6.34 Å². The first-order valence-corrected chi connectivity index (χ1v) is 6.45. The molecule has 1 aliphatic rings. The maximum atomic E-state index is 13.1. The molecule has 0 bridgehead atoms. The molecular formula is C17H13BrF2N2. The fourth-order valence-corrected chi connectivity index (χ4v) is 2.18. The van der Waals surface area contributed by atoms with E-state index >= 15 is 0 Å². The van der Waals surface area contributed by atoms with Crippen molar-refractivity contribution in [3.63, 3.8) is 0 Å². The highest BCUT2D eigenvalue weighted by Crippen LogP contribution is 2.27. The smallest absolute Gasteiger partial charge is 0.123 e. The third-order valence-corrected chi connectivity index (χ3v) is 3.16. The Labute approximate surface area is 137 Å². The Morgan fingerprint density at radius 3 is 1.73 bits per heavy atom. The van der Waals surface area contributed by atoms with Crippen LogP contribution < -0.4 is 5.32 Å². The number of hydrogen-bond acceptors (Lipinski definition) is 2. The number of aliphatic imine (C=N–C) groups is 1. The van der Waals surface area contributed by atoms with Crippen LogP contribution in [0.1, 0.15) is 11.1 Å². The van der Waals surface area contributed by atoms with Crippen molar-refractivity contribution in [1.29, 1.82) is 0 Å². The monoisotopic (exact) mass is 362 g/mol. The van der Waals surface area contributed by atoms with Gasteiger partial charge < -0.3 is 5.32 Å². The second-order valence-corrected chi connectivity index (χ2v) is 4.54. The third-order valence-electron chi connectivity index (χ3n) is 3.16. The number of allylic oxidation sites excluding steroid dienone is 1. The summed E-state index contributed by atoms with van der Waals surface area (Å²) in [6.45, 7) is 0. The van der Waals surface area contributed by atoms with E-state index in [2.05, 4.69) is 10.3 Å². The van der Waals surface area contributed by atoms with Gasteiger partial charge in [0.1, 0.15) is 11.6 Å². The second kappa shape index (κ2) is 7.13. The molecule has 3 rings (SSSR count). The normalized spacial score (nSPS) is 12.5. The average Bonchev–Trinajstić information content (AvgIpc) is 2.52. The van der Waals surface area contributed by atoms with E-state index in [1.807, 2.05) is 6.08 Å². The summed E-state index contributed by atoms with van der Waals surface area (Å²) in [7, 11) is 0. The summed E-state index contributed by atoms with van der Waals surface area (Å²) in [6, 6.07) is 12.4. The summed E-state index contributed by atoms with van der Waals surface area (Å²) < 4.78 is 26.3. The molecule has 112 valence electrons. The fraction of sp³-hybridized carbons (Fsp3) is 0. The molecule has 5 heteroatoms. The number of rotatable bonds is 2. The van der Waals surface area contributed by atoms with Gasteiger partial charge in [-0.3, -0.25) is 0 Å². The van der Waals surface area contributed by atoms with Gasteiger partial charge in [0.05, 0.1) is 6.34 Å². The number of nitrogens with one attached hydrogen (secondary N) is 1. The van der Waals surface area contributed by atoms with Crippen LogP contribution in [0.4, 0.5) is 8.78 Å². The van der Waals surface area contributed by atoms with Gasteiger partial charge in [0.2, 0.25) is 0 Å². The minimum absolute atomic E-state index is 0. The highest BCUT2D eigenvalue weighted by atomic mass is 79.9. The molecule has 1 N–H and O–H groups in total. The lowest BCUT2D eigenvalue weighted by atomic mass is 9.95. The molecule has 0 atom stereocenters. The van der Waals surface area contributed by atoms with Crippen LogP contribution in [-0.2, 0) is 0 Å². The van der Waals surface area contributed by atoms with Gasteiger partial charge in [0.15, 0.2) is 0 Å². The van der Waals surface area contributed by atoms with E-state index in [9.17, 15) is 8.78 Å². The largest absolute Gasteiger partial charge is 0.346 e. The van der Waals surface area contributed by atoms with Crippen molar-refractivity contribution in [2.75, 3.05) is 0 Å². The highest BCUT2D eigenvalue weighted by Gasteiger charge is 2.11. The van der Waals surface area contributed by atoms with Crippen LogP contribution in [0.25, 0.3) is 5.57 Å². The molecule has 0 radical (unpaired) electrons. The molecule has 22 heavy (non-hydrogen) atoms. The van der Waals surface area contributed by atoms with Gasteiger partial charge in [-0.25, -0.2) is 13.8 Å². The predicted octanol–water partition coefficient (Wildman–Crippen LogP) is 4.45. The maximum Gasteiger partial charge on any atom is 0.123 e. The standard InChI is InChI=1S/C17H12F2N2.BrH/c18-14-5-1-12(2-6-14)17(16-9-10-20-11-21-16)13-3-7-15(19)8-4-13;/h1-11H,(H,20,21);1H. The minimum atomic E-state index is -0.295. The van der Waals surface area contributed by atoms with Crippen LogP contribution >= 0.6 is 17.0 Å². The summed E-state index contributed by atoms with van der Waals surface area (Å²) in [4.78, 5) is 3.95. The Morgan fingerprint density at radius 1 is 0.818 bits per heavy atom. The lowest BCUT2D eigenvalue weighted by molar-refractivity contribution is 0.627. The molecule has 0 aliphatic carbocycles. The number of halogens is 3. The topological polar surface area (TPSA) is 24.4 Å². The van der Waals surface area contributed by atoms with Crippen molar-refractivity contribution in [3.05, 3.63) is 89.3 Å². The predicted molar refractivity (Wildman–Crippen MR) is 89.9 cm³/mol. The van der Waals surface area contributed by atoms with Gasteiger partial charge in [-0.05, 0) is 41.5 Å². The minimum Gasteiger partial charge on any atom is -0.346 e. The SMILES string of the molecule is Br.Fc1ccc(C(=C2C=CN=CN2)c2ccc(F)cc2)cc1. The first kappa shape index (κ1) is 16.1. The van der Waals surface area contributed by atoms with E-state index in [1.165, 1.54) is 24.3 Å². The first-order chi connectivity index (χ1) is 10.2. The lowest BCUT2D eigenvalue weighted by Gasteiger charge is -2.15. The van der Waals surface area contributed by atoms with E-state index < -0.39 is 0 Å². The maximum absolute atomic E-state index is 13.1. The summed E-state index contributed by atoms with van der Waals surface area (Å²) in [5.41, 5.74) is 3.36. The molecule has 2 aromatic rings. The van der Waals surface area contributed by atoms with Crippen LogP contribution in [0.15, 0.2) is 71.5 Å². The van der Waals surface area contributed by atoms with Crippen molar-refractivity contribution < 1.29 is 8.78 Å². The van der Waals surface area contributed by atoms with Crippen molar-refractivity contribution in [2.45, 2.75) is 0 Å². The fourth-order valence-electron chi connectivity index (χ4n) is 2.18. The summed E-state index contributed by atoms with van der Waals surface area (Å²) >= 11 is 0. The van der Waals surface area contributed by atoms with Crippen LogP contribution in [0.3, 0.4) is 0 Å². The first-order valence-electron chi connectivity index (χ1n) is 6.45. The van der Waals surface area contributed by atoms with Crippen molar-refractivity contribution in [2.24, 2.45) is 4.99 Å². The van der Waals surface area contributed by atoms with Crippen LogP contribution in [0, 0.1) is 11.6 Å². The molecule has 0 spiro atoms. The molecule has 0 amide bonds. The molecule has 0 aromatic heterocycles. The molecule has 2 nitrogen and oxygen atoms in total. The van der Waals surface area contributed by atoms with E-state index in [0.717, 1.165) is 22.4 Å². The molecule has 0 fully saturated rings. The van der Waals surface area contributed by atoms with Gasteiger partial charge in [0.25, 0.3) is 0 Å². The van der Waals surface area contributed by atoms with E-state index in [0.29, 0.717) is 0 Å². The quantitative estimate of drug-likeness (QED) is 0.838. The van der Waals surface area contributed by atoms with Gasteiger partial charge in [0, 0.05) is 17.5 Å². The molecule has 2 aromatic carbocycles. The molecule has 0 unspecified atom stereocenters. The van der Waals surface area contributed by atoms with Crippen LogP contribution in [0.2, 0.25) is 0 Å². The Hall–Kier alpha value is -2.27. The van der Waals surface area contributed by atoms with Crippen molar-refractivity contribution >= 4 is 28.9 Å². The van der Waals surface area contributed by atoms with Gasteiger partial charge in [-0.2, -0.15) is 0 Å². The molecular weight excluding hydrogens is 350 g/mol. The number of nitrogens with zero attached hydrogens (tertiary/aromatic N) is 1. The molecule has 0 saturated heterocycles. The summed E-state index contributed by atoms with van der Waals surface area (Å²) in [5, 5.41) is 3.06. The Balaban J connectivity index is 0.00000176. The average molecular weight is 363 g/mol. The molecule has 0 saturated carbocycles. The van der Waals surface area contributed by atoms with Crippen molar-refractivity contribution in [3.8, 4) is 0 Å². The zero-order valence-corrected chi connectivity index (χ0v) is 13.2. The summed E-state index contributed by atoms with van der Waals surface area (Å²) in [6.07, 6.45) is 5.06. The van der Waals surface area contributed by atoms with Gasteiger partial charge in [-0.1, -0.05) is 24.3 Å². The zero-order valence-electron chi connectivity index (χ0n) is 11.5. The Kier molecular flexibility index (Phi) is 5.22. The number of benzene rings is 2. The van der Waals surface area contributed by atoms with Crippen molar-refractivity contribution in [1.82, 2.24) is 5.32 Å². The zero-order chi connectivity index (χ0) is 14.7. The highest BCUT2D eigenvalue weighted by molar-refractivity contribution is 8.93. The second-order valence-electron chi connectivity index (χ2n) is 4.54. The third kappa shape index (κ3) is 3.49. The van der Waals surface area contributed by atoms with Gasteiger partial charge in [-0.15, -0.1) is 17.0 Å². The number of hydrogen-bond donors (Lipinski definition) is 1.